The summed E-state index contributed by atoms with van der Waals surface area (Å²) in [6.45, 7) is 10.7. The van der Waals surface area contributed by atoms with Crippen molar-refractivity contribution in [3.8, 4) is 0 Å². The molecule has 4 rings (SSSR count). The lowest BCUT2D eigenvalue weighted by Gasteiger charge is -2.35. The highest BCUT2D eigenvalue weighted by Gasteiger charge is 2.42. The van der Waals surface area contributed by atoms with Crippen molar-refractivity contribution < 1.29 is 47.7 Å². The summed E-state index contributed by atoms with van der Waals surface area (Å²) in [6.07, 6.45) is 3.81. The second kappa shape index (κ2) is 23.3. The smallest absolute Gasteiger partial charge is 0.410 e. The molecule has 0 saturated carbocycles. The molecule has 0 radical (unpaired) electrons. The van der Waals surface area contributed by atoms with E-state index in [1.807, 2.05) is 88.4 Å². The van der Waals surface area contributed by atoms with E-state index < -0.39 is 41.5 Å². The number of carbonyl (C=O) groups is 5. The number of hydrogen-bond donors (Lipinski definition) is 1. The Hall–Kier alpha value is -4.13. The Bertz CT molecular complexity index is 1560. The van der Waals surface area contributed by atoms with E-state index in [2.05, 4.69) is 5.32 Å². The highest BCUT2D eigenvalue weighted by molar-refractivity contribution is 5.87. The molecule has 0 aliphatic carbocycles. The van der Waals surface area contributed by atoms with Gasteiger partial charge in [-0.3, -0.25) is 19.2 Å². The number of benzene rings is 2. The van der Waals surface area contributed by atoms with Crippen LogP contribution in [0.25, 0.3) is 0 Å². The maximum absolute atomic E-state index is 13.2. The zero-order chi connectivity index (χ0) is 42.1. The van der Waals surface area contributed by atoms with Crippen LogP contribution in [0.4, 0.5) is 4.79 Å². The number of rotatable bonds is 18. The van der Waals surface area contributed by atoms with Gasteiger partial charge >= 0.3 is 18.0 Å². The Balaban J connectivity index is 0.000000315. The molecule has 2 heterocycles. The van der Waals surface area contributed by atoms with E-state index in [0.717, 1.165) is 43.4 Å². The Morgan fingerprint density at radius 1 is 0.702 bits per heavy atom. The molecule has 57 heavy (non-hydrogen) atoms. The standard InChI is InChI=1S/C25H37NO6.C20H29NO4/c1-17(21(27)16-19(23(28)31-6)15-18-11-8-7-9-12-18)22(30-5)20-13-10-14-26(20)24(29)32-25(2,3)4;1-14(19(24-2)17-10-7-11-21-17)18(22)13-16(20(23)25-3)12-15-8-5-4-6-9-15/h7-9,11-12,17,19-20,22H,10,13-16H2,1-6H3;4-6,8-9,14,16-17,19,21H,7,10-13H2,1-3H3/t17-,19+,20-,22+;14-,16+,17-,19+/m00/s1. The number of amides is 1. The lowest BCUT2D eigenvalue weighted by molar-refractivity contribution is -0.148. The van der Waals surface area contributed by atoms with Gasteiger partial charge in [-0.05, 0) is 77.0 Å². The van der Waals surface area contributed by atoms with E-state index >= 15 is 0 Å². The van der Waals surface area contributed by atoms with Gasteiger partial charge in [0.15, 0.2) is 0 Å². The number of hydrogen-bond acceptors (Lipinski definition) is 11. The van der Waals surface area contributed by atoms with E-state index in [9.17, 15) is 24.0 Å². The van der Waals surface area contributed by atoms with E-state index in [4.69, 9.17) is 23.7 Å². The van der Waals surface area contributed by atoms with Crippen molar-refractivity contribution in [2.24, 2.45) is 23.7 Å². The molecule has 0 bridgehead atoms. The average Bonchev–Trinajstić information content (AvgIpc) is 3.91. The summed E-state index contributed by atoms with van der Waals surface area (Å²) in [6, 6.07) is 19.2. The van der Waals surface area contributed by atoms with Crippen LogP contribution in [0.5, 0.6) is 0 Å². The number of Topliss-reactive ketones (excluding diaryl/α,β-unsaturated/α-hetero) is 2. The van der Waals surface area contributed by atoms with Gasteiger partial charge in [0.2, 0.25) is 0 Å². The van der Waals surface area contributed by atoms with Crippen LogP contribution in [0.1, 0.15) is 84.3 Å². The molecule has 1 amide bonds. The van der Waals surface area contributed by atoms with Crippen molar-refractivity contribution in [3.63, 3.8) is 0 Å². The molecule has 0 spiro atoms. The largest absolute Gasteiger partial charge is 0.469 e. The van der Waals surface area contributed by atoms with E-state index in [-0.39, 0.29) is 54.5 Å². The van der Waals surface area contributed by atoms with Crippen molar-refractivity contribution in [3.05, 3.63) is 71.8 Å². The summed E-state index contributed by atoms with van der Waals surface area (Å²) in [7, 11) is 5.91. The molecule has 2 aliphatic rings. The van der Waals surface area contributed by atoms with Crippen LogP contribution in [-0.2, 0) is 55.7 Å². The molecule has 316 valence electrons. The number of carbonyl (C=O) groups excluding carboxylic acids is 5. The van der Waals surface area contributed by atoms with Crippen LogP contribution in [0.3, 0.4) is 0 Å². The lowest BCUT2D eigenvalue weighted by Crippen LogP contribution is -2.49. The number of ketones is 2. The number of nitrogens with one attached hydrogen (secondary N) is 1. The topological polar surface area (TPSA) is 147 Å². The van der Waals surface area contributed by atoms with Gasteiger partial charge in [0.05, 0.1) is 44.3 Å². The number of likely N-dealkylation sites (tertiary alicyclic amines) is 1. The normalized spacial score (nSPS) is 19.8. The number of ether oxygens (including phenoxy) is 5. The predicted molar refractivity (Wildman–Crippen MR) is 217 cm³/mol. The number of methoxy groups -OCH3 is 4. The van der Waals surface area contributed by atoms with Crippen LogP contribution < -0.4 is 5.32 Å². The fraction of sp³-hybridized carbons (Fsp3) is 0.622. The van der Waals surface area contributed by atoms with Gasteiger partial charge in [0.1, 0.15) is 17.2 Å². The number of esters is 2. The fourth-order valence-corrected chi connectivity index (χ4v) is 7.92. The van der Waals surface area contributed by atoms with Crippen molar-refractivity contribution in [1.82, 2.24) is 10.2 Å². The van der Waals surface area contributed by atoms with Crippen molar-refractivity contribution in [2.45, 2.75) is 116 Å². The molecule has 2 saturated heterocycles. The molecule has 1 N–H and O–H groups in total. The molecule has 8 atom stereocenters. The maximum atomic E-state index is 13.2. The first-order chi connectivity index (χ1) is 27.1. The van der Waals surface area contributed by atoms with Gasteiger partial charge in [-0.2, -0.15) is 0 Å². The quantitative estimate of drug-likeness (QED) is 0.132. The summed E-state index contributed by atoms with van der Waals surface area (Å²) in [5, 5.41) is 3.40. The van der Waals surface area contributed by atoms with Gasteiger partial charge in [0.25, 0.3) is 0 Å². The minimum Gasteiger partial charge on any atom is -0.469 e. The van der Waals surface area contributed by atoms with Crippen LogP contribution in [0, 0.1) is 23.7 Å². The Labute approximate surface area is 339 Å². The second-order valence-electron chi connectivity index (χ2n) is 16.2. The van der Waals surface area contributed by atoms with Gasteiger partial charge in [-0.25, -0.2) is 4.79 Å². The van der Waals surface area contributed by atoms with Gasteiger partial charge in [0, 0.05) is 51.5 Å². The highest BCUT2D eigenvalue weighted by atomic mass is 16.6. The van der Waals surface area contributed by atoms with Gasteiger partial charge < -0.3 is 33.9 Å². The summed E-state index contributed by atoms with van der Waals surface area (Å²) < 4.78 is 26.8. The predicted octanol–water partition coefficient (Wildman–Crippen LogP) is 6.41. The molecule has 2 aromatic rings. The molecule has 0 unspecified atom stereocenters. The Morgan fingerprint density at radius 2 is 1.18 bits per heavy atom. The monoisotopic (exact) mass is 794 g/mol. The van der Waals surface area contributed by atoms with Crippen molar-refractivity contribution in [2.75, 3.05) is 41.5 Å². The molecule has 0 aromatic heterocycles. The molecule has 2 aromatic carbocycles. The number of nitrogens with zero attached hydrogens (tertiary/aromatic N) is 1. The summed E-state index contributed by atoms with van der Waals surface area (Å²) in [4.78, 5) is 64.9. The fourth-order valence-electron chi connectivity index (χ4n) is 7.92. The van der Waals surface area contributed by atoms with Crippen LogP contribution >= 0.6 is 0 Å². The zero-order valence-electron chi connectivity index (χ0n) is 35.5. The SMILES string of the molecule is COC(=O)[C@@H](CC(=O)[C@H](C)[C@@H](OC)[C@@H]1CCCN1)Cc1ccccc1.COC(=O)[C@@H](CC(=O)[C@H](C)[C@@H](OC)[C@@H]1CCCN1C(=O)OC(C)(C)C)Cc1ccccc1. The zero-order valence-corrected chi connectivity index (χ0v) is 35.5. The summed E-state index contributed by atoms with van der Waals surface area (Å²) in [5.74, 6) is -2.56. The van der Waals surface area contributed by atoms with Gasteiger partial charge in [-0.15, -0.1) is 0 Å². The summed E-state index contributed by atoms with van der Waals surface area (Å²) in [5.41, 5.74) is 1.40. The highest BCUT2D eigenvalue weighted by Crippen LogP contribution is 2.30. The van der Waals surface area contributed by atoms with E-state index in [1.54, 1.807) is 26.0 Å². The molecule has 12 heteroatoms. The third-order valence-corrected chi connectivity index (χ3v) is 11.0. The average molecular weight is 795 g/mol. The molecule has 2 fully saturated rings. The molecule has 12 nitrogen and oxygen atoms in total. The third-order valence-electron chi connectivity index (χ3n) is 11.0. The third kappa shape index (κ3) is 14.6. The molecule has 2 aliphatic heterocycles. The Morgan fingerprint density at radius 3 is 1.58 bits per heavy atom. The van der Waals surface area contributed by atoms with Gasteiger partial charge in [-0.1, -0.05) is 74.5 Å². The molecular formula is C45H66N2O10. The first kappa shape index (κ1) is 47.2. The second-order valence-corrected chi connectivity index (χ2v) is 16.2. The van der Waals surface area contributed by atoms with Crippen molar-refractivity contribution in [1.29, 1.82) is 0 Å². The molecular weight excluding hydrogens is 728 g/mol. The van der Waals surface area contributed by atoms with E-state index in [0.29, 0.717) is 19.4 Å². The maximum Gasteiger partial charge on any atom is 0.410 e. The van der Waals surface area contributed by atoms with Crippen LogP contribution in [0.2, 0.25) is 0 Å². The summed E-state index contributed by atoms with van der Waals surface area (Å²) >= 11 is 0. The van der Waals surface area contributed by atoms with E-state index in [1.165, 1.54) is 14.2 Å². The minimum atomic E-state index is -0.598. The van der Waals surface area contributed by atoms with Crippen LogP contribution in [0.15, 0.2) is 60.7 Å². The first-order valence-electron chi connectivity index (χ1n) is 20.2. The van der Waals surface area contributed by atoms with Crippen LogP contribution in [-0.4, -0.2) is 106 Å². The minimum absolute atomic E-state index is 0.0480. The Kier molecular flexibility index (Phi) is 19.3. The van der Waals surface area contributed by atoms with Crippen molar-refractivity contribution >= 4 is 29.6 Å². The lowest BCUT2D eigenvalue weighted by atomic mass is 9.85. The first-order valence-corrected chi connectivity index (χ1v) is 20.2.